The molecule has 1 atom stereocenters. The average Bonchev–Trinajstić information content (AvgIpc) is 2.68. The summed E-state index contributed by atoms with van der Waals surface area (Å²) < 4.78 is 1.98. The van der Waals surface area contributed by atoms with E-state index in [9.17, 15) is 0 Å². The second-order valence-electron chi connectivity index (χ2n) is 4.08. The van der Waals surface area contributed by atoms with Crippen LogP contribution in [0.4, 0.5) is 0 Å². The summed E-state index contributed by atoms with van der Waals surface area (Å²) in [5, 5.41) is 11.5. The van der Waals surface area contributed by atoms with Gasteiger partial charge in [-0.1, -0.05) is 6.07 Å². The van der Waals surface area contributed by atoms with Crippen LogP contribution in [0, 0.1) is 6.92 Å². The Bertz CT molecular complexity index is 477. The number of pyridine rings is 1. The monoisotopic (exact) mass is 231 g/mol. The van der Waals surface area contributed by atoms with Crippen LogP contribution in [-0.4, -0.2) is 19.7 Å². The van der Waals surface area contributed by atoms with Gasteiger partial charge in [0.15, 0.2) is 0 Å². The molecule has 1 N–H and O–H groups in total. The maximum Gasteiger partial charge on any atom is 0.146 e. The number of nitrogens with zero attached hydrogens (tertiary/aromatic N) is 4. The SMILES string of the molecule is Cc1nnc(CNC(C)c2ccccn2)n1C. The molecular formula is C12H17N5. The van der Waals surface area contributed by atoms with Gasteiger partial charge in [0.05, 0.1) is 12.2 Å². The predicted molar refractivity (Wildman–Crippen MR) is 65.2 cm³/mol. The molecule has 0 spiro atoms. The molecular weight excluding hydrogens is 214 g/mol. The van der Waals surface area contributed by atoms with Gasteiger partial charge in [-0.15, -0.1) is 10.2 Å². The van der Waals surface area contributed by atoms with E-state index in [1.54, 1.807) is 6.20 Å². The predicted octanol–water partition coefficient (Wildman–Crippen LogP) is 1.37. The molecule has 0 saturated carbocycles. The summed E-state index contributed by atoms with van der Waals surface area (Å²) in [6.07, 6.45) is 1.81. The lowest BCUT2D eigenvalue weighted by Gasteiger charge is -2.12. The third kappa shape index (κ3) is 2.68. The largest absolute Gasteiger partial charge is 0.317 e. The van der Waals surface area contributed by atoms with E-state index in [4.69, 9.17) is 0 Å². The minimum atomic E-state index is 0.202. The Morgan fingerprint density at radius 2 is 2.18 bits per heavy atom. The first-order chi connectivity index (χ1) is 8.18. The first kappa shape index (κ1) is 11.7. The summed E-state index contributed by atoms with van der Waals surface area (Å²) in [5.74, 6) is 1.86. The maximum atomic E-state index is 4.31. The van der Waals surface area contributed by atoms with E-state index in [0.717, 1.165) is 17.3 Å². The molecule has 17 heavy (non-hydrogen) atoms. The zero-order chi connectivity index (χ0) is 12.3. The molecule has 0 fully saturated rings. The number of hydrogen-bond donors (Lipinski definition) is 1. The highest BCUT2D eigenvalue weighted by molar-refractivity contribution is 5.07. The Labute approximate surface area is 101 Å². The first-order valence-electron chi connectivity index (χ1n) is 5.67. The van der Waals surface area contributed by atoms with E-state index in [0.29, 0.717) is 6.54 Å². The Balaban J connectivity index is 1.97. The molecule has 0 amide bonds. The van der Waals surface area contributed by atoms with Gasteiger partial charge >= 0.3 is 0 Å². The summed E-state index contributed by atoms with van der Waals surface area (Å²) in [6, 6.07) is 6.13. The third-order valence-electron chi connectivity index (χ3n) is 2.88. The highest BCUT2D eigenvalue weighted by atomic mass is 15.3. The molecule has 0 bridgehead atoms. The Hall–Kier alpha value is -1.75. The molecule has 0 aromatic carbocycles. The van der Waals surface area contributed by atoms with Crippen molar-refractivity contribution in [1.29, 1.82) is 0 Å². The fraction of sp³-hybridized carbons (Fsp3) is 0.417. The molecule has 2 aromatic heterocycles. The first-order valence-corrected chi connectivity index (χ1v) is 5.67. The van der Waals surface area contributed by atoms with Crippen LogP contribution in [0.1, 0.15) is 30.3 Å². The van der Waals surface area contributed by atoms with Crippen LogP contribution in [0.3, 0.4) is 0 Å². The summed E-state index contributed by atoms with van der Waals surface area (Å²) >= 11 is 0. The van der Waals surface area contributed by atoms with Crippen LogP contribution in [0.2, 0.25) is 0 Å². The van der Waals surface area contributed by atoms with Crippen molar-refractivity contribution in [2.75, 3.05) is 0 Å². The summed E-state index contributed by atoms with van der Waals surface area (Å²) in [5.41, 5.74) is 1.03. The van der Waals surface area contributed by atoms with Crippen LogP contribution < -0.4 is 5.32 Å². The van der Waals surface area contributed by atoms with Gasteiger partial charge in [-0.05, 0) is 26.0 Å². The van der Waals surface area contributed by atoms with Crippen molar-refractivity contribution in [3.05, 3.63) is 41.7 Å². The van der Waals surface area contributed by atoms with E-state index >= 15 is 0 Å². The Kier molecular flexibility index (Phi) is 3.49. The summed E-state index contributed by atoms with van der Waals surface area (Å²) in [4.78, 5) is 4.31. The molecule has 1 unspecified atom stereocenters. The molecule has 5 heteroatoms. The number of aromatic nitrogens is 4. The van der Waals surface area contributed by atoms with Gasteiger partial charge in [0.1, 0.15) is 11.6 Å². The second-order valence-corrected chi connectivity index (χ2v) is 4.08. The molecule has 0 aliphatic carbocycles. The van der Waals surface area contributed by atoms with E-state index in [-0.39, 0.29) is 6.04 Å². The Morgan fingerprint density at radius 1 is 1.35 bits per heavy atom. The van der Waals surface area contributed by atoms with Crippen LogP contribution in [-0.2, 0) is 13.6 Å². The minimum Gasteiger partial charge on any atom is -0.317 e. The summed E-state index contributed by atoms with van der Waals surface area (Å²) in [6.45, 7) is 4.72. The number of aryl methyl sites for hydroxylation is 1. The molecule has 0 radical (unpaired) electrons. The molecule has 5 nitrogen and oxygen atoms in total. The maximum absolute atomic E-state index is 4.31. The Morgan fingerprint density at radius 3 is 2.76 bits per heavy atom. The van der Waals surface area contributed by atoms with Gasteiger partial charge in [0.25, 0.3) is 0 Å². The van der Waals surface area contributed by atoms with E-state index in [2.05, 4.69) is 27.4 Å². The van der Waals surface area contributed by atoms with Gasteiger partial charge < -0.3 is 9.88 Å². The third-order valence-corrected chi connectivity index (χ3v) is 2.88. The zero-order valence-electron chi connectivity index (χ0n) is 10.4. The topological polar surface area (TPSA) is 55.6 Å². The molecule has 0 aliphatic heterocycles. The molecule has 2 rings (SSSR count). The van der Waals surface area contributed by atoms with Gasteiger partial charge in [-0.25, -0.2) is 0 Å². The van der Waals surface area contributed by atoms with Crippen LogP contribution in [0.25, 0.3) is 0 Å². The molecule has 90 valence electrons. The lowest BCUT2D eigenvalue weighted by atomic mass is 10.2. The van der Waals surface area contributed by atoms with E-state index in [1.807, 2.05) is 36.7 Å². The van der Waals surface area contributed by atoms with Gasteiger partial charge in [-0.3, -0.25) is 4.98 Å². The van der Waals surface area contributed by atoms with Crippen LogP contribution in [0.15, 0.2) is 24.4 Å². The number of nitrogens with one attached hydrogen (secondary N) is 1. The smallest absolute Gasteiger partial charge is 0.146 e. The van der Waals surface area contributed by atoms with Gasteiger partial charge in [0, 0.05) is 19.3 Å². The fourth-order valence-corrected chi connectivity index (χ4v) is 1.59. The van der Waals surface area contributed by atoms with E-state index in [1.165, 1.54) is 0 Å². The van der Waals surface area contributed by atoms with Gasteiger partial charge in [-0.2, -0.15) is 0 Å². The number of hydrogen-bond acceptors (Lipinski definition) is 4. The average molecular weight is 231 g/mol. The van der Waals surface area contributed by atoms with Crippen molar-refractivity contribution in [1.82, 2.24) is 25.1 Å². The van der Waals surface area contributed by atoms with E-state index < -0.39 is 0 Å². The highest BCUT2D eigenvalue weighted by Gasteiger charge is 2.08. The van der Waals surface area contributed by atoms with Crippen LogP contribution >= 0.6 is 0 Å². The molecule has 0 aliphatic rings. The van der Waals surface area contributed by atoms with Crippen molar-refractivity contribution in [2.45, 2.75) is 26.4 Å². The quantitative estimate of drug-likeness (QED) is 0.863. The van der Waals surface area contributed by atoms with Crippen molar-refractivity contribution in [2.24, 2.45) is 7.05 Å². The highest BCUT2D eigenvalue weighted by Crippen LogP contribution is 2.08. The van der Waals surface area contributed by atoms with Crippen molar-refractivity contribution in [3.63, 3.8) is 0 Å². The van der Waals surface area contributed by atoms with Gasteiger partial charge in [0.2, 0.25) is 0 Å². The minimum absolute atomic E-state index is 0.202. The number of rotatable bonds is 4. The lowest BCUT2D eigenvalue weighted by Crippen LogP contribution is -2.21. The normalized spacial score (nSPS) is 12.6. The van der Waals surface area contributed by atoms with Crippen molar-refractivity contribution in [3.8, 4) is 0 Å². The molecule has 0 saturated heterocycles. The summed E-state index contributed by atoms with van der Waals surface area (Å²) in [7, 11) is 1.97. The molecule has 2 heterocycles. The zero-order valence-corrected chi connectivity index (χ0v) is 10.4. The fourth-order valence-electron chi connectivity index (χ4n) is 1.59. The van der Waals surface area contributed by atoms with Crippen LogP contribution in [0.5, 0.6) is 0 Å². The van der Waals surface area contributed by atoms with Crippen molar-refractivity contribution >= 4 is 0 Å². The standard InChI is InChI=1S/C12H17N5/c1-9(11-6-4-5-7-13-11)14-8-12-16-15-10(2)17(12)3/h4-7,9,14H,8H2,1-3H3. The van der Waals surface area contributed by atoms with Crippen molar-refractivity contribution < 1.29 is 0 Å². The second kappa shape index (κ2) is 5.05. The molecule has 2 aromatic rings. The lowest BCUT2D eigenvalue weighted by molar-refractivity contribution is 0.537.